The van der Waals surface area contributed by atoms with Crippen LogP contribution in [0.3, 0.4) is 0 Å². The van der Waals surface area contributed by atoms with Crippen LogP contribution in [-0.4, -0.2) is 45.0 Å². The second-order valence-electron chi connectivity index (χ2n) is 8.56. The van der Waals surface area contributed by atoms with Crippen LogP contribution in [0.25, 0.3) is 0 Å². The molecule has 2 aromatic rings. The van der Waals surface area contributed by atoms with Gasteiger partial charge in [0, 0.05) is 19.0 Å². The third kappa shape index (κ3) is 6.97. The van der Waals surface area contributed by atoms with Gasteiger partial charge in [-0.3, -0.25) is 9.52 Å². The maximum atomic E-state index is 13.7. The van der Waals surface area contributed by atoms with Gasteiger partial charge in [-0.15, -0.1) is 0 Å². The number of rotatable bonds is 7. The summed E-state index contributed by atoms with van der Waals surface area (Å²) < 4.78 is 72.6. The Balaban J connectivity index is 1.73. The van der Waals surface area contributed by atoms with E-state index in [1.807, 2.05) is 6.92 Å². The topological polar surface area (TPSA) is 129 Å². The summed E-state index contributed by atoms with van der Waals surface area (Å²) in [7, 11) is -3.95. The molecule has 0 atom stereocenters. The molecular weight excluding hydrogens is 513 g/mol. The third-order valence-electron chi connectivity index (χ3n) is 5.79. The van der Waals surface area contributed by atoms with Crippen molar-refractivity contribution >= 4 is 27.7 Å². The van der Waals surface area contributed by atoms with Crippen molar-refractivity contribution in [1.82, 2.24) is 9.71 Å². The normalized spacial score (nSPS) is 14.6. The summed E-state index contributed by atoms with van der Waals surface area (Å²) in [5.41, 5.74) is -1.10. The molecule has 0 unspecified atom stereocenters. The van der Waals surface area contributed by atoms with Crippen molar-refractivity contribution in [2.45, 2.75) is 38.6 Å². The summed E-state index contributed by atoms with van der Waals surface area (Å²) >= 11 is 0. The number of halogens is 3. The van der Waals surface area contributed by atoms with Crippen molar-refractivity contribution in [3.8, 4) is 6.07 Å². The van der Waals surface area contributed by atoms with Crippen molar-refractivity contribution in [2.24, 2.45) is 5.92 Å². The molecule has 0 radical (unpaired) electrons. The quantitative estimate of drug-likeness (QED) is 0.532. The maximum absolute atomic E-state index is 13.7. The molecule has 3 rings (SSSR count). The summed E-state index contributed by atoms with van der Waals surface area (Å²) in [5.74, 6) is -3.29. The fourth-order valence-corrected chi connectivity index (χ4v) is 5.11. The molecule has 1 aromatic carbocycles. The average molecular weight is 539 g/mol. The van der Waals surface area contributed by atoms with Crippen LogP contribution in [0.1, 0.15) is 52.5 Å². The summed E-state index contributed by atoms with van der Waals surface area (Å²) in [6.07, 6.45) is -4.73. The van der Waals surface area contributed by atoms with Crippen molar-refractivity contribution < 1.29 is 35.9 Å². The zero-order chi connectivity index (χ0) is 27.4. The lowest BCUT2D eigenvalue weighted by Gasteiger charge is -2.33. The van der Waals surface area contributed by atoms with E-state index in [0.717, 1.165) is 11.6 Å². The minimum Gasteiger partial charge on any atom is -0.462 e. The Bertz CT molecular complexity index is 1310. The molecule has 0 saturated carbocycles. The van der Waals surface area contributed by atoms with Gasteiger partial charge in [-0.25, -0.2) is 18.2 Å². The highest BCUT2D eigenvalue weighted by atomic mass is 32.2. The van der Waals surface area contributed by atoms with Gasteiger partial charge in [0.1, 0.15) is 11.9 Å². The van der Waals surface area contributed by atoms with Crippen LogP contribution < -0.4 is 9.62 Å². The van der Waals surface area contributed by atoms with Gasteiger partial charge >= 0.3 is 12.1 Å². The molecule has 1 fully saturated rings. The van der Waals surface area contributed by atoms with Crippen LogP contribution in [0.4, 0.5) is 19.0 Å². The van der Waals surface area contributed by atoms with Crippen LogP contribution in [0.15, 0.2) is 30.3 Å². The fourth-order valence-electron chi connectivity index (χ4n) is 3.94. The number of benzene rings is 1. The average Bonchev–Trinajstić information content (AvgIpc) is 2.84. The molecule has 9 nitrogen and oxygen atoms in total. The van der Waals surface area contributed by atoms with Gasteiger partial charge in [0.25, 0.3) is 0 Å². The number of sulfonamides is 1. The fraction of sp³-hybridized carbons (Fsp3) is 0.417. The van der Waals surface area contributed by atoms with Crippen LogP contribution >= 0.6 is 0 Å². The SMILES string of the molecule is CCOC(=O)c1cc(C#N)c(N2CCC(C(=O)NS(=O)(=O)Cc3ccc(C)cc3)CC2)nc1C(F)(F)F. The Morgan fingerprint density at radius 3 is 2.38 bits per heavy atom. The molecule has 37 heavy (non-hydrogen) atoms. The number of hydrogen-bond donors (Lipinski definition) is 1. The Labute approximate surface area is 212 Å². The molecule has 13 heteroatoms. The minimum atomic E-state index is -4.98. The summed E-state index contributed by atoms with van der Waals surface area (Å²) in [6, 6.07) is 9.39. The van der Waals surface area contributed by atoms with Gasteiger partial charge in [-0.1, -0.05) is 29.8 Å². The number of hydrogen-bond acceptors (Lipinski definition) is 8. The molecule has 0 aliphatic carbocycles. The Morgan fingerprint density at radius 2 is 1.84 bits per heavy atom. The summed E-state index contributed by atoms with van der Waals surface area (Å²) in [6.45, 7) is 3.24. The lowest BCUT2D eigenvalue weighted by atomic mass is 9.96. The van der Waals surface area contributed by atoms with Gasteiger partial charge in [0.2, 0.25) is 15.9 Å². The predicted molar refractivity (Wildman–Crippen MR) is 127 cm³/mol. The number of alkyl halides is 3. The first-order chi connectivity index (χ1) is 17.3. The second kappa shape index (κ2) is 11.2. The van der Waals surface area contributed by atoms with Gasteiger partial charge in [0.05, 0.1) is 23.5 Å². The number of amides is 1. The monoisotopic (exact) mass is 538 g/mol. The van der Waals surface area contributed by atoms with Crippen LogP contribution in [0.2, 0.25) is 0 Å². The van der Waals surface area contributed by atoms with E-state index in [1.54, 1.807) is 30.3 Å². The van der Waals surface area contributed by atoms with Crippen molar-refractivity contribution in [1.29, 1.82) is 5.26 Å². The first-order valence-corrected chi connectivity index (χ1v) is 13.0. The smallest absolute Gasteiger partial charge is 0.434 e. The molecule has 1 aromatic heterocycles. The van der Waals surface area contributed by atoms with E-state index >= 15 is 0 Å². The number of nitrogens with zero attached hydrogens (tertiary/aromatic N) is 3. The van der Waals surface area contributed by atoms with Gasteiger partial charge in [-0.05, 0) is 38.3 Å². The van der Waals surface area contributed by atoms with Gasteiger partial charge in [0.15, 0.2) is 5.69 Å². The van der Waals surface area contributed by atoms with Gasteiger partial charge in [-0.2, -0.15) is 18.4 Å². The number of pyridine rings is 1. The van der Waals surface area contributed by atoms with E-state index in [9.17, 15) is 36.4 Å². The zero-order valence-electron chi connectivity index (χ0n) is 20.1. The van der Waals surface area contributed by atoms with Crippen LogP contribution in [-0.2, 0) is 31.5 Å². The van der Waals surface area contributed by atoms with Crippen LogP contribution in [0.5, 0.6) is 0 Å². The molecule has 2 heterocycles. The number of aryl methyl sites for hydroxylation is 1. The Kier molecular flexibility index (Phi) is 8.42. The van der Waals surface area contributed by atoms with Crippen molar-refractivity contribution in [3.05, 3.63) is 58.3 Å². The first-order valence-electron chi connectivity index (χ1n) is 11.4. The van der Waals surface area contributed by atoms with E-state index in [0.29, 0.717) is 5.56 Å². The van der Waals surface area contributed by atoms with Crippen molar-refractivity contribution in [2.75, 3.05) is 24.6 Å². The number of piperidine rings is 1. The highest BCUT2D eigenvalue weighted by Gasteiger charge is 2.40. The standard InChI is InChI=1S/C24H25F3N4O5S/c1-3-36-23(33)19-12-18(13-28)21(29-20(19)24(25,26)27)31-10-8-17(9-11-31)22(32)30-37(34,35)14-16-6-4-15(2)5-7-16/h4-7,12,17H,3,8-11,14H2,1-2H3,(H,30,32). The summed E-state index contributed by atoms with van der Waals surface area (Å²) in [4.78, 5) is 29.7. The van der Waals surface area contributed by atoms with Gasteiger partial charge < -0.3 is 9.64 Å². The highest BCUT2D eigenvalue weighted by Crippen LogP contribution is 2.35. The van der Waals surface area contributed by atoms with Crippen LogP contribution in [0, 0.1) is 24.2 Å². The molecule has 1 aliphatic rings. The van der Waals surface area contributed by atoms with Crippen molar-refractivity contribution in [3.63, 3.8) is 0 Å². The number of anilines is 1. The highest BCUT2D eigenvalue weighted by molar-refractivity contribution is 7.89. The molecule has 198 valence electrons. The first kappa shape index (κ1) is 27.9. The summed E-state index contributed by atoms with van der Waals surface area (Å²) in [5, 5.41) is 9.50. The minimum absolute atomic E-state index is 0.0494. The largest absolute Gasteiger partial charge is 0.462 e. The number of nitriles is 1. The lowest BCUT2D eigenvalue weighted by molar-refractivity contribution is -0.141. The molecular formula is C24H25F3N4O5S. The number of carbonyl (C=O) groups is 2. The number of ether oxygens (including phenoxy) is 1. The lowest BCUT2D eigenvalue weighted by Crippen LogP contribution is -2.43. The number of esters is 1. The van der Waals surface area contributed by atoms with E-state index < -0.39 is 45.3 Å². The number of carbonyl (C=O) groups excluding carboxylic acids is 2. The predicted octanol–water partition coefficient (Wildman–Crippen LogP) is 3.32. The molecule has 1 aliphatic heterocycles. The third-order valence-corrected chi connectivity index (χ3v) is 7.01. The maximum Gasteiger partial charge on any atom is 0.434 e. The molecule has 1 saturated heterocycles. The van der Waals surface area contributed by atoms with E-state index in [1.165, 1.54) is 11.8 Å². The van der Waals surface area contributed by atoms with E-state index in [-0.39, 0.29) is 49.7 Å². The number of aromatic nitrogens is 1. The Morgan fingerprint density at radius 1 is 1.22 bits per heavy atom. The van der Waals surface area contributed by atoms with E-state index in [2.05, 4.69) is 14.4 Å². The molecule has 1 amide bonds. The molecule has 0 spiro atoms. The number of nitrogens with one attached hydrogen (secondary N) is 1. The molecule has 0 bridgehead atoms. The zero-order valence-corrected chi connectivity index (χ0v) is 20.9. The van der Waals surface area contributed by atoms with E-state index in [4.69, 9.17) is 0 Å². The molecule has 1 N–H and O–H groups in total. The second-order valence-corrected chi connectivity index (χ2v) is 10.3. The Hall–Kier alpha value is -3.66.